The van der Waals surface area contributed by atoms with E-state index in [2.05, 4.69) is 21.3 Å². The third kappa shape index (κ3) is 2.00. The number of aryl methyl sites for hydroxylation is 1. The molecule has 5 nitrogen and oxygen atoms in total. The minimum absolute atomic E-state index is 0.218. The fourth-order valence-corrected chi connectivity index (χ4v) is 3.37. The number of hydrogen-bond acceptors (Lipinski definition) is 4. The lowest BCUT2D eigenvalue weighted by Gasteiger charge is -2.21. The molecule has 1 aliphatic carbocycles. The first-order chi connectivity index (χ1) is 11.2. The SMILES string of the molecule is N#Cc1c(N)nc2c(c1-c1ccccc1Cl)CCc1[nH]ncc1-2. The van der Waals surface area contributed by atoms with Gasteiger partial charge in [-0.05, 0) is 24.5 Å². The molecular formula is C17H12ClN5. The second-order valence-corrected chi connectivity index (χ2v) is 5.84. The quantitative estimate of drug-likeness (QED) is 0.719. The number of hydrogen-bond donors (Lipinski definition) is 2. The summed E-state index contributed by atoms with van der Waals surface area (Å²) in [6.45, 7) is 0. The van der Waals surface area contributed by atoms with Gasteiger partial charge in [-0.25, -0.2) is 4.98 Å². The Labute approximate surface area is 137 Å². The maximum absolute atomic E-state index is 9.58. The molecule has 1 aromatic carbocycles. The second kappa shape index (κ2) is 5.11. The maximum atomic E-state index is 9.58. The summed E-state index contributed by atoms with van der Waals surface area (Å²) in [7, 11) is 0. The minimum atomic E-state index is 0.218. The Balaban J connectivity index is 2.11. The zero-order chi connectivity index (χ0) is 16.0. The fraction of sp³-hybridized carbons (Fsp3) is 0.118. The molecule has 4 rings (SSSR count). The highest BCUT2D eigenvalue weighted by Crippen LogP contribution is 2.42. The molecule has 0 fully saturated rings. The predicted octanol–water partition coefficient (Wildman–Crippen LogP) is 3.34. The topological polar surface area (TPSA) is 91.4 Å². The molecule has 0 aliphatic heterocycles. The summed E-state index contributed by atoms with van der Waals surface area (Å²) in [4.78, 5) is 4.47. The number of pyridine rings is 1. The van der Waals surface area contributed by atoms with Gasteiger partial charge in [0.25, 0.3) is 0 Å². The lowest BCUT2D eigenvalue weighted by atomic mass is 9.86. The van der Waals surface area contributed by atoms with Gasteiger partial charge in [-0.15, -0.1) is 0 Å². The first-order valence-electron chi connectivity index (χ1n) is 7.20. The van der Waals surface area contributed by atoms with Crippen molar-refractivity contribution in [2.45, 2.75) is 12.8 Å². The highest BCUT2D eigenvalue weighted by molar-refractivity contribution is 6.33. The molecule has 3 aromatic rings. The highest BCUT2D eigenvalue weighted by atomic mass is 35.5. The van der Waals surface area contributed by atoms with E-state index in [0.717, 1.165) is 46.5 Å². The van der Waals surface area contributed by atoms with E-state index in [-0.39, 0.29) is 5.82 Å². The smallest absolute Gasteiger partial charge is 0.142 e. The van der Waals surface area contributed by atoms with E-state index in [1.54, 1.807) is 6.20 Å². The van der Waals surface area contributed by atoms with E-state index in [0.29, 0.717) is 10.6 Å². The van der Waals surface area contributed by atoms with E-state index >= 15 is 0 Å². The zero-order valence-electron chi connectivity index (χ0n) is 12.1. The standard InChI is InChI=1S/C17H12ClN5/c18-13-4-2-1-3-9(13)15-10-5-6-14-12(8-21-23-14)16(10)22-17(20)11(15)7-19/h1-4,8H,5-6H2,(H2,20,22)(H,21,23). The van der Waals surface area contributed by atoms with Gasteiger partial charge in [-0.1, -0.05) is 29.8 Å². The van der Waals surface area contributed by atoms with E-state index < -0.39 is 0 Å². The average molecular weight is 322 g/mol. The first-order valence-corrected chi connectivity index (χ1v) is 7.58. The minimum Gasteiger partial charge on any atom is -0.383 e. The van der Waals surface area contributed by atoms with E-state index in [9.17, 15) is 5.26 Å². The summed E-state index contributed by atoms with van der Waals surface area (Å²) in [6.07, 6.45) is 3.32. The van der Waals surface area contributed by atoms with Gasteiger partial charge < -0.3 is 5.73 Å². The lowest BCUT2D eigenvalue weighted by Crippen LogP contribution is -2.11. The number of nitrogens with two attached hydrogens (primary N) is 1. The number of nitrogen functional groups attached to an aromatic ring is 1. The Hall–Kier alpha value is -2.84. The number of H-pyrrole nitrogens is 1. The number of anilines is 1. The summed E-state index contributed by atoms with van der Waals surface area (Å²) < 4.78 is 0. The highest BCUT2D eigenvalue weighted by Gasteiger charge is 2.27. The lowest BCUT2D eigenvalue weighted by molar-refractivity contribution is 0.876. The Bertz CT molecular complexity index is 968. The number of halogens is 1. The van der Waals surface area contributed by atoms with Gasteiger partial charge in [0.05, 0.1) is 11.9 Å². The molecule has 112 valence electrons. The molecule has 0 radical (unpaired) electrons. The second-order valence-electron chi connectivity index (χ2n) is 5.43. The van der Waals surface area contributed by atoms with Crippen LogP contribution in [-0.2, 0) is 12.8 Å². The van der Waals surface area contributed by atoms with Crippen LogP contribution in [0.25, 0.3) is 22.4 Å². The summed E-state index contributed by atoms with van der Waals surface area (Å²) >= 11 is 6.37. The van der Waals surface area contributed by atoms with Gasteiger partial charge in [0, 0.05) is 27.4 Å². The fourth-order valence-electron chi connectivity index (χ4n) is 3.14. The number of rotatable bonds is 1. The van der Waals surface area contributed by atoms with Gasteiger partial charge in [-0.3, -0.25) is 5.10 Å². The average Bonchev–Trinajstić information content (AvgIpc) is 3.03. The monoisotopic (exact) mass is 321 g/mol. The number of aromatic amines is 1. The van der Waals surface area contributed by atoms with Gasteiger partial charge in [0.2, 0.25) is 0 Å². The molecule has 0 saturated heterocycles. The normalized spacial score (nSPS) is 12.3. The number of nitrogens with zero attached hydrogens (tertiary/aromatic N) is 3. The summed E-state index contributed by atoms with van der Waals surface area (Å²) in [5, 5.41) is 17.3. The van der Waals surface area contributed by atoms with Crippen molar-refractivity contribution >= 4 is 17.4 Å². The van der Waals surface area contributed by atoms with Crippen LogP contribution in [0.1, 0.15) is 16.8 Å². The third-order valence-electron chi connectivity index (χ3n) is 4.18. The van der Waals surface area contributed by atoms with Crippen LogP contribution in [0.5, 0.6) is 0 Å². The summed E-state index contributed by atoms with van der Waals surface area (Å²) in [6, 6.07) is 9.67. The largest absolute Gasteiger partial charge is 0.383 e. The molecule has 6 heteroatoms. The Morgan fingerprint density at radius 2 is 2.04 bits per heavy atom. The van der Waals surface area contributed by atoms with Gasteiger partial charge in [0.15, 0.2) is 0 Å². The molecule has 0 atom stereocenters. The third-order valence-corrected chi connectivity index (χ3v) is 4.51. The van der Waals surface area contributed by atoms with Crippen LogP contribution in [0.15, 0.2) is 30.5 Å². The van der Waals surface area contributed by atoms with E-state index in [1.165, 1.54) is 0 Å². The van der Waals surface area contributed by atoms with Crippen molar-refractivity contribution in [1.29, 1.82) is 5.26 Å². The number of fused-ring (bicyclic) bond motifs is 3. The van der Waals surface area contributed by atoms with Crippen LogP contribution >= 0.6 is 11.6 Å². The molecule has 0 bridgehead atoms. The van der Waals surface area contributed by atoms with E-state index in [4.69, 9.17) is 17.3 Å². The molecule has 2 aromatic heterocycles. The molecule has 0 spiro atoms. The molecule has 1 aliphatic rings. The maximum Gasteiger partial charge on any atom is 0.142 e. The number of benzene rings is 1. The van der Waals surface area contributed by atoms with Crippen LogP contribution in [-0.4, -0.2) is 15.2 Å². The molecular weight excluding hydrogens is 310 g/mol. The molecule has 2 heterocycles. The van der Waals surface area contributed by atoms with Gasteiger partial charge >= 0.3 is 0 Å². The van der Waals surface area contributed by atoms with Crippen molar-refractivity contribution < 1.29 is 0 Å². The van der Waals surface area contributed by atoms with Crippen molar-refractivity contribution in [3.63, 3.8) is 0 Å². The molecule has 0 unspecified atom stereocenters. The number of aromatic nitrogens is 3. The van der Waals surface area contributed by atoms with Crippen molar-refractivity contribution in [3.8, 4) is 28.5 Å². The molecule has 0 amide bonds. The van der Waals surface area contributed by atoms with Crippen molar-refractivity contribution in [2.24, 2.45) is 0 Å². The first kappa shape index (κ1) is 13.8. The predicted molar refractivity (Wildman–Crippen MR) is 88.8 cm³/mol. The van der Waals surface area contributed by atoms with Crippen molar-refractivity contribution in [2.75, 3.05) is 5.73 Å². The Kier molecular flexibility index (Phi) is 3.07. The summed E-state index contributed by atoms with van der Waals surface area (Å²) in [5.41, 5.74) is 11.8. The molecule has 3 N–H and O–H groups in total. The Morgan fingerprint density at radius 1 is 1.22 bits per heavy atom. The van der Waals surface area contributed by atoms with Crippen LogP contribution in [0.2, 0.25) is 5.02 Å². The van der Waals surface area contributed by atoms with E-state index in [1.807, 2.05) is 24.3 Å². The molecule has 0 saturated carbocycles. The van der Waals surface area contributed by atoms with Crippen LogP contribution < -0.4 is 5.73 Å². The number of nitrogens with one attached hydrogen (secondary N) is 1. The van der Waals surface area contributed by atoms with Gasteiger partial charge in [-0.2, -0.15) is 10.4 Å². The Morgan fingerprint density at radius 3 is 2.83 bits per heavy atom. The van der Waals surface area contributed by atoms with Crippen LogP contribution in [0, 0.1) is 11.3 Å². The zero-order valence-corrected chi connectivity index (χ0v) is 12.9. The van der Waals surface area contributed by atoms with Gasteiger partial charge in [0.1, 0.15) is 17.5 Å². The van der Waals surface area contributed by atoms with Crippen LogP contribution in [0.4, 0.5) is 5.82 Å². The number of nitriles is 1. The van der Waals surface area contributed by atoms with Crippen molar-refractivity contribution in [1.82, 2.24) is 15.2 Å². The summed E-state index contributed by atoms with van der Waals surface area (Å²) in [5.74, 6) is 0.218. The van der Waals surface area contributed by atoms with Crippen molar-refractivity contribution in [3.05, 3.63) is 52.3 Å². The van der Waals surface area contributed by atoms with Crippen LogP contribution in [0.3, 0.4) is 0 Å². The molecule has 23 heavy (non-hydrogen) atoms.